The Morgan fingerprint density at radius 2 is 1.84 bits per heavy atom. The van der Waals surface area contributed by atoms with Crippen LogP contribution in [0, 0.1) is 5.92 Å². The van der Waals surface area contributed by atoms with Gasteiger partial charge < -0.3 is 4.74 Å². The van der Waals surface area contributed by atoms with E-state index in [1.807, 2.05) is 37.3 Å². The van der Waals surface area contributed by atoms with Gasteiger partial charge in [0.25, 0.3) is 0 Å². The summed E-state index contributed by atoms with van der Waals surface area (Å²) in [6, 6.07) is 9.94. The topological polar surface area (TPSA) is 29.5 Å². The molecular formula is C16H23NO2. The van der Waals surface area contributed by atoms with Gasteiger partial charge >= 0.3 is 5.97 Å². The number of carbonyl (C=O) groups is 1. The lowest BCUT2D eigenvalue weighted by Crippen LogP contribution is -2.53. The summed E-state index contributed by atoms with van der Waals surface area (Å²) in [5.41, 5.74) is 0.340. The highest BCUT2D eigenvalue weighted by Crippen LogP contribution is 2.33. The highest BCUT2D eigenvalue weighted by atomic mass is 16.5. The predicted molar refractivity (Wildman–Crippen MR) is 75.8 cm³/mol. The third-order valence-corrected chi connectivity index (χ3v) is 4.33. The van der Waals surface area contributed by atoms with E-state index in [0.29, 0.717) is 0 Å². The molecule has 0 N–H and O–H groups in total. The molecule has 1 fully saturated rings. The smallest absolute Gasteiger partial charge is 0.330 e. The van der Waals surface area contributed by atoms with Crippen LogP contribution in [0.25, 0.3) is 0 Å². The average molecular weight is 261 g/mol. The first-order valence-corrected chi connectivity index (χ1v) is 6.98. The Hall–Kier alpha value is -1.35. The van der Waals surface area contributed by atoms with Crippen LogP contribution in [0.4, 0.5) is 0 Å². The van der Waals surface area contributed by atoms with Crippen molar-refractivity contribution in [1.29, 1.82) is 0 Å². The molecule has 19 heavy (non-hydrogen) atoms. The Labute approximate surface area is 115 Å². The molecule has 0 radical (unpaired) electrons. The fourth-order valence-corrected chi connectivity index (χ4v) is 2.85. The molecule has 0 unspecified atom stereocenters. The van der Waals surface area contributed by atoms with Gasteiger partial charge in [-0.15, -0.1) is 0 Å². The summed E-state index contributed by atoms with van der Waals surface area (Å²) in [5, 5.41) is 0. The quantitative estimate of drug-likeness (QED) is 0.784. The van der Waals surface area contributed by atoms with Gasteiger partial charge in [-0.3, -0.25) is 4.90 Å². The fraction of sp³-hybridized carbons (Fsp3) is 0.562. The van der Waals surface area contributed by atoms with Crippen LogP contribution in [0.2, 0.25) is 0 Å². The number of piperidine rings is 1. The number of rotatable bonds is 3. The maximum atomic E-state index is 12.4. The minimum atomic E-state index is -0.670. The Balaban J connectivity index is 2.33. The van der Waals surface area contributed by atoms with E-state index in [2.05, 4.69) is 11.8 Å². The predicted octanol–water partition coefficient (Wildman–Crippen LogP) is 2.81. The van der Waals surface area contributed by atoms with Gasteiger partial charge in [0.05, 0.1) is 7.11 Å². The summed E-state index contributed by atoms with van der Waals surface area (Å²) < 4.78 is 5.07. The van der Waals surface area contributed by atoms with Gasteiger partial charge in [-0.25, -0.2) is 4.79 Å². The van der Waals surface area contributed by atoms with Crippen molar-refractivity contribution >= 4 is 5.97 Å². The summed E-state index contributed by atoms with van der Waals surface area (Å²) in [6.45, 7) is 6.14. The zero-order chi connectivity index (χ0) is 13.9. The standard InChI is InChI=1S/C16H23NO2/c1-13-9-11-17(12-10-13)16(2,15(18)19-3)14-7-5-4-6-8-14/h4-8,13H,9-12H2,1-3H3/t16-/m1/s1. The Kier molecular flexibility index (Phi) is 4.25. The molecule has 0 spiro atoms. The van der Waals surface area contributed by atoms with Crippen LogP contribution in [0.15, 0.2) is 30.3 Å². The van der Waals surface area contributed by atoms with E-state index in [-0.39, 0.29) is 5.97 Å². The molecule has 0 bridgehead atoms. The van der Waals surface area contributed by atoms with E-state index >= 15 is 0 Å². The van der Waals surface area contributed by atoms with Crippen molar-refractivity contribution in [2.24, 2.45) is 5.92 Å². The number of hydrogen-bond acceptors (Lipinski definition) is 3. The number of benzene rings is 1. The summed E-state index contributed by atoms with van der Waals surface area (Å²) in [6.07, 6.45) is 2.28. The van der Waals surface area contributed by atoms with Gasteiger partial charge in [0.1, 0.15) is 5.54 Å². The molecule has 0 amide bonds. The number of likely N-dealkylation sites (tertiary alicyclic amines) is 1. The Morgan fingerprint density at radius 3 is 2.37 bits per heavy atom. The van der Waals surface area contributed by atoms with Gasteiger partial charge in [-0.1, -0.05) is 37.3 Å². The van der Waals surface area contributed by atoms with E-state index in [1.165, 1.54) is 7.11 Å². The van der Waals surface area contributed by atoms with Crippen molar-refractivity contribution in [3.05, 3.63) is 35.9 Å². The second-order valence-electron chi connectivity index (χ2n) is 5.60. The largest absolute Gasteiger partial charge is 0.467 e. The number of hydrogen-bond donors (Lipinski definition) is 0. The van der Waals surface area contributed by atoms with Crippen molar-refractivity contribution in [2.45, 2.75) is 32.2 Å². The molecule has 3 nitrogen and oxygen atoms in total. The third-order valence-electron chi connectivity index (χ3n) is 4.33. The molecule has 0 saturated carbocycles. The van der Waals surface area contributed by atoms with Crippen LogP contribution in [0.5, 0.6) is 0 Å². The first-order chi connectivity index (χ1) is 9.09. The van der Waals surface area contributed by atoms with Gasteiger partial charge in [-0.2, -0.15) is 0 Å². The van der Waals surface area contributed by atoms with Crippen molar-refractivity contribution in [3.8, 4) is 0 Å². The number of esters is 1. The van der Waals surface area contributed by atoms with E-state index in [0.717, 1.165) is 37.4 Å². The molecule has 1 atom stereocenters. The average Bonchev–Trinajstić information content (AvgIpc) is 2.47. The van der Waals surface area contributed by atoms with Gasteiger partial charge in [-0.05, 0) is 44.3 Å². The van der Waals surface area contributed by atoms with Crippen LogP contribution >= 0.6 is 0 Å². The van der Waals surface area contributed by atoms with Gasteiger partial charge in [0, 0.05) is 0 Å². The monoisotopic (exact) mass is 261 g/mol. The zero-order valence-electron chi connectivity index (χ0n) is 12.1. The van der Waals surface area contributed by atoms with E-state index in [9.17, 15) is 4.79 Å². The molecule has 1 aliphatic heterocycles. The minimum absolute atomic E-state index is 0.173. The van der Waals surface area contributed by atoms with Gasteiger partial charge in [0.15, 0.2) is 0 Å². The maximum absolute atomic E-state index is 12.4. The maximum Gasteiger partial charge on any atom is 0.330 e. The van der Waals surface area contributed by atoms with Crippen LogP contribution in [-0.4, -0.2) is 31.1 Å². The molecule has 1 heterocycles. The van der Waals surface area contributed by atoms with Crippen molar-refractivity contribution < 1.29 is 9.53 Å². The van der Waals surface area contributed by atoms with E-state index in [1.54, 1.807) is 0 Å². The van der Waals surface area contributed by atoms with E-state index < -0.39 is 5.54 Å². The first kappa shape index (κ1) is 14.1. The number of carbonyl (C=O) groups excluding carboxylic acids is 1. The number of methoxy groups -OCH3 is 1. The molecule has 2 rings (SSSR count). The van der Waals surface area contributed by atoms with Crippen LogP contribution in [0.1, 0.15) is 32.3 Å². The highest BCUT2D eigenvalue weighted by Gasteiger charge is 2.43. The fourth-order valence-electron chi connectivity index (χ4n) is 2.85. The van der Waals surface area contributed by atoms with Crippen molar-refractivity contribution in [3.63, 3.8) is 0 Å². The third kappa shape index (κ3) is 2.66. The molecule has 1 aromatic carbocycles. The zero-order valence-corrected chi connectivity index (χ0v) is 12.1. The molecule has 104 valence electrons. The Morgan fingerprint density at radius 1 is 1.26 bits per heavy atom. The Bertz CT molecular complexity index is 424. The highest BCUT2D eigenvalue weighted by molar-refractivity contribution is 5.82. The lowest BCUT2D eigenvalue weighted by Gasteiger charge is -2.42. The molecule has 1 saturated heterocycles. The van der Waals surface area contributed by atoms with Crippen LogP contribution < -0.4 is 0 Å². The van der Waals surface area contributed by atoms with Crippen molar-refractivity contribution in [2.75, 3.05) is 20.2 Å². The molecular weight excluding hydrogens is 238 g/mol. The first-order valence-electron chi connectivity index (χ1n) is 6.98. The SMILES string of the molecule is COC(=O)[C@@](C)(c1ccccc1)N1CCC(C)CC1. The summed E-state index contributed by atoms with van der Waals surface area (Å²) in [5.74, 6) is 0.571. The second-order valence-corrected chi connectivity index (χ2v) is 5.60. The van der Waals surface area contributed by atoms with Crippen molar-refractivity contribution in [1.82, 2.24) is 4.90 Å². The second kappa shape index (κ2) is 5.74. The molecule has 1 aliphatic rings. The van der Waals surface area contributed by atoms with Crippen LogP contribution in [0.3, 0.4) is 0 Å². The van der Waals surface area contributed by atoms with Gasteiger partial charge in [0.2, 0.25) is 0 Å². The summed E-state index contributed by atoms with van der Waals surface area (Å²) >= 11 is 0. The minimum Gasteiger partial charge on any atom is -0.467 e. The lowest BCUT2D eigenvalue weighted by atomic mass is 9.86. The van der Waals surface area contributed by atoms with E-state index in [4.69, 9.17) is 4.74 Å². The molecule has 0 aliphatic carbocycles. The molecule has 0 aromatic heterocycles. The number of nitrogens with zero attached hydrogens (tertiary/aromatic N) is 1. The normalized spacial score (nSPS) is 20.8. The summed E-state index contributed by atoms with van der Waals surface area (Å²) in [4.78, 5) is 14.6. The molecule has 3 heteroatoms. The van der Waals surface area contributed by atoms with Crippen LogP contribution in [-0.2, 0) is 15.1 Å². The summed E-state index contributed by atoms with van der Waals surface area (Å²) in [7, 11) is 1.47. The lowest BCUT2D eigenvalue weighted by molar-refractivity contribution is -0.156. The molecule has 1 aromatic rings. The number of ether oxygens (including phenoxy) is 1.